The van der Waals surface area contributed by atoms with Crippen LogP contribution in [-0.4, -0.2) is 77.7 Å². The van der Waals surface area contributed by atoms with Gasteiger partial charge in [0.05, 0.1) is 30.7 Å². The lowest BCUT2D eigenvalue weighted by Gasteiger charge is -2.35. The van der Waals surface area contributed by atoms with E-state index in [0.717, 1.165) is 18.7 Å². The lowest BCUT2D eigenvalue weighted by atomic mass is 10.1. The molecule has 2 aromatic heterocycles. The molecule has 3 aliphatic heterocycles. The van der Waals surface area contributed by atoms with Gasteiger partial charge >= 0.3 is 6.03 Å². The molecular formula is C23H29N7O5. The predicted molar refractivity (Wildman–Crippen MR) is 127 cm³/mol. The lowest BCUT2D eigenvalue weighted by Crippen LogP contribution is -2.48. The van der Waals surface area contributed by atoms with Crippen molar-refractivity contribution >= 4 is 29.4 Å². The first-order chi connectivity index (χ1) is 16.8. The molecule has 3 amide bonds. The quantitative estimate of drug-likeness (QED) is 0.631. The Labute approximate surface area is 203 Å². The fraction of sp³-hybridized carbons (Fsp3) is 0.522. The summed E-state index contributed by atoms with van der Waals surface area (Å²) >= 11 is 0. The number of fused-ring (bicyclic) bond motifs is 4. The SMILES string of the molecule is CCNC(=O)c1ccc2c(n1)N(C(=O)Nc1ncc(OCC3COC(C)(C)O3)cn1)C1CCN2C1. The second-order valence-corrected chi connectivity index (χ2v) is 9.09. The van der Waals surface area contributed by atoms with E-state index in [2.05, 4.69) is 30.5 Å². The third kappa shape index (κ3) is 4.84. The Morgan fingerprint density at radius 1 is 1.26 bits per heavy atom. The molecule has 5 rings (SSSR count). The molecule has 0 saturated carbocycles. The number of rotatable bonds is 6. The minimum atomic E-state index is -0.614. The number of nitrogens with one attached hydrogen (secondary N) is 2. The molecule has 12 nitrogen and oxygen atoms in total. The first-order valence-corrected chi connectivity index (χ1v) is 11.7. The summed E-state index contributed by atoms with van der Waals surface area (Å²) < 4.78 is 16.9. The maximum Gasteiger partial charge on any atom is 0.330 e. The highest BCUT2D eigenvalue weighted by Crippen LogP contribution is 2.39. The largest absolute Gasteiger partial charge is 0.488 e. The van der Waals surface area contributed by atoms with E-state index in [1.165, 1.54) is 12.4 Å². The standard InChI is InChI=1S/C23H29N7O5/c1-4-24-20(31)17-5-6-18-19(27-17)30(14-7-8-29(18)11-14)22(32)28-21-25-9-15(10-26-21)33-12-16-13-34-23(2,3)35-16/h5-6,9-10,14,16H,4,7-8,11-13H2,1-3H3,(H,24,31)(H,25,26,28,32). The Kier molecular flexibility index (Phi) is 6.15. The van der Waals surface area contributed by atoms with E-state index in [1.54, 1.807) is 11.0 Å². The number of aromatic nitrogens is 3. The Morgan fingerprint density at radius 3 is 2.77 bits per heavy atom. The summed E-state index contributed by atoms with van der Waals surface area (Å²) in [6.07, 6.45) is 3.62. The van der Waals surface area contributed by atoms with Crippen LogP contribution in [0.5, 0.6) is 5.75 Å². The van der Waals surface area contributed by atoms with Gasteiger partial charge < -0.3 is 24.4 Å². The molecule has 2 atom stereocenters. The molecule has 0 spiro atoms. The zero-order chi connectivity index (χ0) is 24.6. The second-order valence-electron chi connectivity index (χ2n) is 9.09. The molecule has 0 aliphatic carbocycles. The lowest BCUT2D eigenvalue weighted by molar-refractivity contribution is -0.141. The first-order valence-electron chi connectivity index (χ1n) is 11.7. The van der Waals surface area contributed by atoms with Gasteiger partial charge in [-0.15, -0.1) is 0 Å². The molecule has 12 heteroatoms. The zero-order valence-electron chi connectivity index (χ0n) is 20.0. The van der Waals surface area contributed by atoms with Crippen molar-refractivity contribution < 1.29 is 23.8 Å². The van der Waals surface area contributed by atoms with Crippen LogP contribution >= 0.6 is 0 Å². The van der Waals surface area contributed by atoms with Gasteiger partial charge in [0.2, 0.25) is 5.95 Å². The van der Waals surface area contributed by atoms with Crippen molar-refractivity contribution in [3.8, 4) is 5.75 Å². The Morgan fingerprint density at radius 2 is 2.06 bits per heavy atom. The average molecular weight is 484 g/mol. The van der Waals surface area contributed by atoms with Crippen LogP contribution in [0.3, 0.4) is 0 Å². The Hall–Kier alpha value is -3.51. The number of hydrogen-bond donors (Lipinski definition) is 2. The Bertz CT molecular complexity index is 1110. The van der Waals surface area contributed by atoms with Crippen LogP contribution in [0.2, 0.25) is 0 Å². The van der Waals surface area contributed by atoms with E-state index in [0.29, 0.717) is 37.9 Å². The van der Waals surface area contributed by atoms with E-state index in [-0.39, 0.29) is 29.7 Å². The normalized spacial score (nSPS) is 22.0. The van der Waals surface area contributed by atoms with Crippen LogP contribution < -0.4 is 25.2 Å². The van der Waals surface area contributed by atoms with Crippen LogP contribution in [0, 0.1) is 0 Å². The number of anilines is 3. The van der Waals surface area contributed by atoms with Crippen LogP contribution in [0.25, 0.3) is 0 Å². The third-order valence-electron chi connectivity index (χ3n) is 6.09. The van der Waals surface area contributed by atoms with Gasteiger partial charge in [-0.05, 0) is 39.3 Å². The van der Waals surface area contributed by atoms with Crippen molar-refractivity contribution in [3.63, 3.8) is 0 Å². The molecule has 3 aliphatic rings. The summed E-state index contributed by atoms with van der Waals surface area (Å²) in [5, 5.41) is 5.50. The number of nitrogens with zero attached hydrogens (tertiary/aromatic N) is 5. The molecule has 2 saturated heterocycles. The van der Waals surface area contributed by atoms with Crippen molar-refractivity contribution in [1.29, 1.82) is 0 Å². The molecule has 35 heavy (non-hydrogen) atoms. The predicted octanol–water partition coefficient (Wildman–Crippen LogP) is 1.78. The zero-order valence-corrected chi connectivity index (χ0v) is 20.0. The fourth-order valence-electron chi connectivity index (χ4n) is 4.49. The van der Waals surface area contributed by atoms with Gasteiger partial charge in [0.15, 0.2) is 17.4 Å². The van der Waals surface area contributed by atoms with Crippen molar-refractivity contribution in [2.75, 3.05) is 48.0 Å². The van der Waals surface area contributed by atoms with E-state index < -0.39 is 11.8 Å². The minimum absolute atomic E-state index is 0.0556. The van der Waals surface area contributed by atoms with E-state index in [4.69, 9.17) is 14.2 Å². The van der Waals surface area contributed by atoms with Gasteiger partial charge in [-0.2, -0.15) is 0 Å². The maximum absolute atomic E-state index is 13.3. The number of amides is 3. The monoisotopic (exact) mass is 483 g/mol. The van der Waals surface area contributed by atoms with Crippen molar-refractivity contribution in [2.45, 2.75) is 45.1 Å². The Balaban J connectivity index is 1.27. The number of ether oxygens (including phenoxy) is 3. The topological polar surface area (TPSA) is 131 Å². The molecule has 186 valence electrons. The van der Waals surface area contributed by atoms with Crippen LogP contribution in [0.1, 0.15) is 37.7 Å². The van der Waals surface area contributed by atoms with Gasteiger partial charge in [0, 0.05) is 19.6 Å². The molecule has 2 fully saturated rings. The molecule has 2 aromatic rings. The van der Waals surface area contributed by atoms with Gasteiger partial charge in [0.1, 0.15) is 18.4 Å². The van der Waals surface area contributed by atoms with Crippen molar-refractivity contribution in [3.05, 3.63) is 30.2 Å². The van der Waals surface area contributed by atoms with Crippen LogP contribution in [0.15, 0.2) is 24.5 Å². The molecule has 2 bridgehead atoms. The molecule has 0 aromatic carbocycles. The fourth-order valence-corrected chi connectivity index (χ4v) is 4.49. The second kappa shape index (κ2) is 9.27. The van der Waals surface area contributed by atoms with E-state index >= 15 is 0 Å². The number of carbonyl (C=O) groups excluding carboxylic acids is 2. The van der Waals surface area contributed by atoms with Gasteiger partial charge in [-0.1, -0.05) is 0 Å². The molecule has 0 radical (unpaired) electrons. The highest BCUT2D eigenvalue weighted by molar-refractivity contribution is 6.04. The average Bonchev–Trinajstić information content (AvgIpc) is 3.41. The highest BCUT2D eigenvalue weighted by Gasteiger charge is 2.40. The van der Waals surface area contributed by atoms with E-state index in [9.17, 15) is 9.59 Å². The third-order valence-corrected chi connectivity index (χ3v) is 6.09. The summed E-state index contributed by atoms with van der Waals surface area (Å²) in [7, 11) is 0. The van der Waals surface area contributed by atoms with Crippen LogP contribution in [0.4, 0.5) is 22.2 Å². The van der Waals surface area contributed by atoms with Gasteiger partial charge in [-0.3, -0.25) is 15.0 Å². The van der Waals surface area contributed by atoms with Crippen molar-refractivity contribution in [1.82, 2.24) is 20.3 Å². The van der Waals surface area contributed by atoms with E-state index in [1.807, 2.05) is 26.8 Å². The van der Waals surface area contributed by atoms with Crippen LogP contribution in [-0.2, 0) is 9.47 Å². The van der Waals surface area contributed by atoms with Gasteiger partial charge in [0.25, 0.3) is 5.91 Å². The summed E-state index contributed by atoms with van der Waals surface area (Å²) in [5.41, 5.74) is 1.09. The number of pyridine rings is 1. The van der Waals surface area contributed by atoms with Gasteiger partial charge in [-0.25, -0.2) is 19.7 Å². The highest BCUT2D eigenvalue weighted by atomic mass is 16.7. The maximum atomic E-state index is 13.3. The van der Waals surface area contributed by atoms with Crippen molar-refractivity contribution in [2.24, 2.45) is 0 Å². The molecule has 2 unspecified atom stereocenters. The molecule has 5 heterocycles. The number of carbonyl (C=O) groups is 2. The molecule has 2 N–H and O–H groups in total. The number of urea groups is 1. The summed E-state index contributed by atoms with van der Waals surface area (Å²) in [4.78, 5) is 42.4. The smallest absolute Gasteiger partial charge is 0.330 e. The summed E-state index contributed by atoms with van der Waals surface area (Å²) in [6.45, 7) is 8.33. The summed E-state index contributed by atoms with van der Waals surface area (Å²) in [5.74, 6) is 0.171. The minimum Gasteiger partial charge on any atom is -0.488 e. The molecular weight excluding hydrogens is 454 g/mol. The number of hydrogen-bond acceptors (Lipinski definition) is 9. The first kappa shape index (κ1) is 23.2. The summed E-state index contributed by atoms with van der Waals surface area (Å²) in [6, 6.07) is 3.08.